The van der Waals surface area contributed by atoms with E-state index in [4.69, 9.17) is 4.74 Å². The van der Waals surface area contributed by atoms with Gasteiger partial charge in [0.1, 0.15) is 5.75 Å². The minimum absolute atomic E-state index is 0.0683. The third-order valence-corrected chi connectivity index (χ3v) is 9.54. The molecule has 1 unspecified atom stereocenters. The number of aromatic nitrogens is 4. The molecule has 8 nitrogen and oxygen atoms in total. The van der Waals surface area contributed by atoms with Crippen LogP contribution in [-0.2, 0) is 4.79 Å². The summed E-state index contributed by atoms with van der Waals surface area (Å²) in [5.74, 6) is 1.58. The lowest BCUT2D eigenvalue weighted by atomic mass is 9.98. The number of nitrogens with zero attached hydrogens (tertiary/aromatic N) is 5. The molecule has 0 spiro atoms. The summed E-state index contributed by atoms with van der Waals surface area (Å²) in [7, 11) is 1.67. The molecule has 0 saturated heterocycles. The second-order valence-corrected chi connectivity index (χ2v) is 11.9. The maximum absolute atomic E-state index is 12.6. The van der Waals surface area contributed by atoms with E-state index in [1.165, 1.54) is 11.8 Å². The maximum atomic E-state index is 12.6. The largest absolute Gasteiger partial charge is 0.497 e. The van der Waals surface area contributed by atoms with Crippen LogP contribution in [0.3, 0.4) is 0 Å². The van der Waals surface area contributed by atoms with Crippen molar-refractivity contribution in [2.75, 3.05) is 18.3 Å². The van der Waals surface area contributed by atoms with Crippen molar-refractivity contribution in [3.8, 4) is 16.9 Å². The summed E-state index contributed by atoms with van der Waals surface area (Å²) in [6.45, 7) is 0. The molecule has 3 aliphatic rings. The van der Waals surface area contributed by atoms with Crippen LogP contribution in [-0.4, -0.2) is 43.1 Å². The Labute approximate surface area is 250 Å². The molecule has 0 fully saturated rings. The molecule has 0 bridgehead atoms. The second-order valence-electron chi connectivity index (χ2n) is 10.0. The van der Waals surface area contributed by atoms with Crippen molar-refractivity contribution in [2.24, 2.45) is 0 Å². The molecule has 10 heteroatoms. The van der Waals surface area contributed by atoms with Crippen LogP contribution >= 0.6 is 23.5 Å². The van der Waals surface area contributed by atoms with Gasteiger partial charge in [-0.3, -0.25) is 10.2 Å². The van der Waals surface area contributed by atoms with Crippen LogP contribution in [0.25, 0.3) is 28.1 Å². The number of nitrogens with one attached hydrogen (secondary N) is 1. The standard InChI is InChI=1S/C32H24N6O2S2/c1-40-24-14-12-22(13-15-24)29-28(30-33-34-31-38(30)35-27(39)19-41-31)25-16-23(20-8-4-2-5-9-20)17-36(25)32-37(29)26(18-42-32)21-10-6-3-7-11-21/h2-18,32H,19H2,1H3,(H,35,39). The Bertz CT molecular complexity index is 1890. The van der Waals surface area contributed by atoms with E-state index < -0.39 is 0 Å². The lowest BCUT2D eigenvalue weighted by molar-refractivity contribution is -0.115. The van der Waals surface area contributed by atoms with Crippen molar-refractivity contribution in [1.29, 1.82) is 0 Å². The average Bonchev–Trinajstić information content (AvgIpc) is 3.78. The van der Waals surface area contributed by atoms with Gasteiger partial charge in [-0.15, -0.1) is 10.2 Å². The van der Waals surface area contributed by atoms with Gasteiger partial charge in [0.05, 0.1) is 35.5 Å². The van der Waals surface area contributed by atoms with Crippen molar-refractivity contribution >= 4 is 46.4 Å². The number of carbonyl (C=O) groups excluding carboxylic acids is 1. The molecule has 5 aromatic rings. The molecule has 1 atom stereocenters. The van der Waals surface area contributed by atoms with Gasteiger partial charge in [0, 0.05) is 11.8 Å². The third-order valence-electron chi connectivity index (χ3n) is 7.57. The van der Waals surface area contributed by atoms with E-state index >= 15 is 0 Å². The highest BCUT2D eigenvalue weighted by Crippen LogP contribution is 2.55. The first-order valence-electron chi connectivity index (χ1n) is 13.4. The Balaban J connectivity index is 1.44. The zero-order chi connectivity index (χ0) is 28.2. The van der Waals surface area contributed by atoms with Crippen LogP contribution in [0.1, 0.15) is 28.1 Å². The lowest BCUT2D eigenvalue weighted by Crippen LogP contribution is -2.34. The number of hydrogen-bond donors (Lipinski definition) is 1. The monoisotopic (exact) mass is 588 g/mol. The van der Waals surface area contributed by atoms with Crippen molar-refractivity contribution < 1.29 is 9.53 Å². The normalized spacial score (nSPS) is 17.4. The van der Waals surface area contributed by atoms with Gasteiger partial charge in [-0.2, -0.15) is 0 Å². The predicted octanol–water partition coefficient (Wildman–Crippen LogP) is 6.36. The first kappa shape index (κ1) is 25.1. The molecular weight excluding hydrogens is 565 g/mol. The predicted molar refractivity (Wildman–Crippen MR) is 167 cm³/mol. The summed E-state index contributed by atoms with van der Waals surface area (Å²) in [6, 6.07) is 31.1. The molecule has 42 heavy (non-hydrogen) atoms. The van der Waals surface area contributed by atoms with E-state index in [0.29, 0.717) is 16.7 Å². The molecule has 1 amide bonds. The van der Waals surface area contributed by atoms with Gasteiger partial charge in [0.15, 0.2) is 11.3 Å². The van der Waals surface area contributed by atoms with Crippen molar-refractivity contribution in [3.05, 3.63) is 125 Å². The number of rotatable bonds is 5. The Kier molecular flexibility index (Phi) is 5.97. The SMILES string of the molecule is COc1ccc(C2=C(c3nnc4n3NC(=O)CS4)c3cc(-c4ccccc4)cn3C3SC=C(c4ccccc4)N23)cc1. The molecule has 0 aliphatic carbocycles. The Morgan fingerprint density at radius 2 is 1.62 bits per heavy atom. The Morgan fingerprint density at radius 3 is 2.36 bits per heavy atom. The highest BCUT2D eigenvalue weighted by atomic mass is 32.2. The Hall–Kier alpha value is -4.67. The summed E-state index contributed by atoms with van der Waals surface area (Å²) in [4.78, 5) is 14.9. The summed E-state index contributed by atoms with van der Waals surface area (Å²) >= 11 is 3.15. The number of benzene rings is 3. The zero-order valence-electron chi connectivity index (χ0n) is 22.5. The van der Waals surface area contributed by atoms with E-state index in [1.54, 1.807) is 23.5 Å². The minimum Gasteiger partial charge on any atom is -0.497 e. The number of thioether (sulfide) groups is 2. The van der Waals surface area contributed by atoms with Gasteiger partial charge >= 0.3 is 0 Å². The van der Waals surface area contributed by atoms with Crippen molar-refractivity contribution in [1.82, 2.24) is 24.3 Å². The highest BCUT2D eigenvalue weighted by molar-refractivity contribution is 8.02. The summed E-state index contributed by atoms with van der Waals surface area (Å²) in [5, 5.41) is 12.1. The molecule has 2 aromatic heterocycles. The molecule has 0 radical (unpaired) electrons. The number of carbonyl (C=O) groups is 1. The smallest absolute Gasteiger partial charge is 0.249 e. The molecule has 5 heterocycles. The third kappa shape index (κ3) is 3.98. The fourth-order valence-electron chi connectivity index (χ4n) is 5.66. The summed E-state index contributed by atoms with van der Waals surface area (Å²) < 4.78 is 9.53. The number of methoxy groups -OCH3 is 1. The number of ether oxygens (including phenoxy) is 1. The molecule has 206 valence electrons. The molecule has 1 N–H and O–H groups in total. The molecular formula is C32H24N6O2S2. The Morgan fingerprint density at radius 1 is 0.881 bits per heavy atom. The first-order chi connectivity index (χ1) is 20.7. The van der Waals surface area contributed by atoms with E-state index in [-0.39, 0.29) is 11.4 Å². The summed E-state index contributed by atoms with van der Waals surface area (Å²) in [6.07, 6.45) is 2.21. The van der Waals surface area contributed by atoms with Gasteiger partial charge < -0.3 is 14.2 Å². The van der Waals surface area contributed by atoms with Crippen LogP contribution in [0.15, 0.2) is 108 Å². The van der Waals surface area contributed by atoms with Crippen LogP contribution < -0.4 is 10.2 Å². The fraction of sp³-hybridized carbons (Fsp3) is 0.0938. The quantitative estimate of drug-likeness (QED) is 0.256. The fourth-order valence-corrected chi connectivity index (χ4v) is 7.49. The zero-order valence-corrected chi connectivity index (χ0v) is 24.1. The van der Waals surface area contributed by atoms with E-state index in [9.17, 15) is 4.79 Å². The van der Waals surface area contributed by atoms with E-state index in [0.717, 1.165) is 50.7 Å². The molecule has 0 saturated carbocycles. The highest BCUT2D eigenvalue weighted by Gasteiger charge is 2.42. The lowest BCUT2D eigenvalue weighted by Gasteiger charge is -2.39. The van der Waals surface area contributed by atoms with Crippen LogP contribution in [0, 0.1) is 0 Å². The van der Waals surface area contributed by atoms with Crippen molar-refractivity contribution in [2.45, 2.75) is 10.7 Å². The first-order valence-corrected chi connectivity index (χ1v) is 15.4. The van der Waals surface area contributed by atoms with Crippen LogP contribution in [0.2, 0.25) is 0 Å². The molecule has 8 rings (SSSR count). The van der Waals surface area contributed by atoms with Gasteiger partial charge in [-0.05, 0) is 52.4 Å². The maximum Gasteiger partial charge on any atom is 0.249 e. The molecule has 3 aliphatic heterocycles. The van der Waals surface area contributed by atoms with Crippen molar-refractivity contribution in [3.63, 3.8) is 0 Å². The van der Waals surface area contributed by atoms with Gasteiger partial charge in [0.25, 0.3) is 0 Å². The number of hydrogen-bond acceptors (Lipinski definition) is 7. The number of amides is 1. The van der Waals surface area contributed by atoms with E-state index in [1.807, 2.05) is 24.3 Å². The van der Waals surface area contributed by atoms with Gasteiger partial charge in [0.2, 0.25) is 11.1 Å². The van der Waals surface area contributed by atoms with Crippen LogP contribution in [0.4, 0.5) is 0 Å². The second kappa shape index (κ2) is 10.0. The van der Waals surface area contributed by atoms with E-state index in [2.05, 4.69) is 103 Å². The molecule has 3 aromatic carbocycles. The topological polar surface area (TPSA) is 77.2 Å². The van der Waals surface area contributed by atoms with Gasteiger partial charge in [-0.1, -0.05) is 84.2 Å². The van der Waals surface area contributed by atoms with Crippen LogP contribution in [0.5, 0.6) is 5.75 Å². The summed E-state index contributed by atoms with van der Waals surface area (Å²) in [5.41, 5.74) is 11.2. The van der Waals surface area contributed by atoms with Gasteiger partial charge in [-0.25, -0.2) is 4.68 Å². The average molecular weight is 589 g/mol. The minimum atomic E-state index is -0.0872. The number of fused-ring (bicyclic) bond motifs is 4.